The van der Waals surface area contributed by atoms with E-state index in [1.54, 1.807) is 28.8 Å². The molecule has 0 spiro atoms. The van der Waals surface area contributed by atoms with E-state index in [2.05, 4.69) is 33.0 Å². The first-order valence-corrected chi connectivity index (χ1v) is 9.46. The number of carbonyl (C=O) groups is 1. The molecule has 134 valence electrons. The third kappa shape index (κ3) is 3.71. The van der Waals surface area contributed by atoms with Gasteiger partial charge in [-0.25, -0.2) is 8.91 Å². The van der Waals surface area contributed by atoms with Crippen LogP contribution in [0.4, 0.5) is 4.39 Å². The number of nitrogens with one attached hydrogen (secondary N) is 1. The lowest BCUT2D eigenvalue weighted by Gasteiger charge is -2.04. The number of fused-ring (bicyclic) bond motifs is 1. The molecular weight excluding hydrogens is 456 g/mol. The zero-order chi connectivity index (χ0) is 18.8. The molecule has 0 radical (unpaired) electrons. The average molecular weight is 471 g/mol. The van der Waals surface area contributed by atoms with Crippen LogP contribution in [0.1, 0.15) is 16.1 Å². The number of nitrogens with zero attached hydrogens (tertiary/aromatic N) is 2. The van der Waals surface area contributed by atoms with Crippen LogP contribution < -0.4 is 5.32 Å². The summed E-state index contributed by atoms with van der Waals surface area (Å²) in [6.07, 6.45) is 0. The molecule has 0 aliphatic rings. The van der Waals surface area contributed by atoms with Crippen molar-refractivity contribution in [2.45, 2.75) is 6.54 Å². The lowest BCUT2D eigenvalue weighted by atomic mass is 10.1. The Hall–Kier alpha value is -2.74. The Balaban J connectivity index is 1.60. The summed E-state index contributed by atoms with van der Waals surface area (Å²) in [4.78, 5) is 12.5. The Morgan fingerprint density at radius 3 is 2.52 bits per heavy atom. The molecule has 2 heterocycles. The first kappa shape index (κ1) is 17.7. The summed E-state index contributed by atoms with van der Waals surface area (Å²) in [6, 6.07) is 22.2. The van der Waals surface area contributed by atoms with Crippen LogP contribution in [0.2, 0.25) is 0 Å². The highest BCUT2D eigenvalue weighted by molar-refractivity contribution is 14.1. The Labute approximate surface area is 169 Å². The van der Waals surface area contributed by atoms with Crippen molar-refractivity contribution < 1.29 is 9.18 Å². The predicted octanol–water partition coefficient (Wildman–Crippen LogP) is 4.68. The van der Waals surface area contributed by atoms with Crippen molar-refractivity contribution in [1.82, 2.24) is 14.9 Å². The van der Waals surface area contributed by atoms with Crippen LogP contribution in [-0.2, 0) is 6.54 Å². The van der Waals surface area contributed by atoms with Crippen LogP contribution in [-0.4, -0.2) is 15.5 Å². The molecule has 0 unspecified atom stereocenters. The molecule has 4 rings (SSSR count). The summed E-state index contributed by atoms with van der Waals surface area (Å²) < 4.78 is 16.3. The van der Waals surface area contributed by atoms with Gasteiger partial charge in [0.1, 0.15) is 9.52 Å². The zero-order valence-corrected chi connectivity index (χ0v) is 16.4. The van der Waals surface area contributed by atoms with E-state index >= 15 is 0 Å². The number of halogens is 2. The van der Waals surface area contributed by atoms with Gasteiger partial charge in [-0.15, -0.1) is 0 Å². The molecule has 0 atom stereocenters. The molecule has 1 amide bonds. The minimum absolute atomic E-state index is 0.117. The maximum absolute atomic E-state index is 13.7. The molecule has 0 aliphatic heterocycles. The second kappa shape index (κ2) is 7.48. The van der Waals surface area contributed by atoms with Gasteiger partial charge in [-0.2, -0.15) is 5.10 Å². The summed E-state index contributed by atoms with van der Waals surface area (Å²) in [5, 5.41) is 7.11. The van der Waals surface area contributed by atoms with Crippen LogP contribution in [0.5, 0.6) is 0 Å². The summed E-state index contributed by atoms with van der Waals surface area (Å²) in [5.74, 6) is -0.672. The van der Waals surface area contributed by atoms with Crippen molar-refractivity contribution in [3.8, 4) is 11.1 Å². The van der Waals surface area contributed by atoms with Gasteiger partial charge in [0.25, 0.3) is 5.91 Å². The van der Waals surface area contributed by atoms with E-state index in [-0.39, 0.29) is 18.3 Å². The second-order valence-corrected chi connectivity index (χ2v) is 7.18. The van der Waals surface area contributed by atoms with Crippen molar-refractivity contribution >= 4 is 34.0 Å². The van der Waals surface area contributed by atoms with E-state index in [1.165, 1.54) is 6.07 Å². The van der Waals surface area contributed by atoms with E-state index in [0.717, 1.165) is 20.3 Å². The maximum atomic E-state index is 13.7. The van der Waals surface area contributed by atoms with E-state index in [9.17, 15) is 9.18 Å². The third-order valence-corrected chi connectivity index (χ3v) is 5.02. The lowest BCUT2D eigenvalue weighted by Crippen LogP contribution is -2.23. The number of carbonyl (C=O) groups excluding carboxylic acids is 1. The first-order chi connectivity index (χ1) is 13.1. The van der Waals surface area contributed by atoms with E-state index < -0.39 is 0 Å². The number of aromatic nitrogens is 2. The number of hydrogen-bond donors (Lipinski definition) is 1. The molecule has 2 aromatic carbocycles. The van der Waals surface area contributed by atoms with Crippen LogP contribution in [0.15, 0.2) is 72.8 Å². The van der Waals surface area contributed by atoms with Crippen molar-refractivity contribution in [3.63, 3.8) is 0 Å². The molecule has 0 aliphatic carbocycles. The molecule has 0 bridgehead atoms. The van der Waals surface area contributed by atoms with Gasteiger partial charge in [0, 0.05) is 12.1 Å². The van der Waals surface area contributed by atoms with Gasteiger partial charge >= 0.3 is 0 Å². The number of hydrogen-bond acceptors (Lipinski definition) is 2. The van der Waals surface area contributed by atoms with Crippen LogP contribution in [0, 0.1) is 9.52 Å². The van der Waals surface area contributed by atoms with Crippen molar-refractivity contribution in [1.29, 1.82) is 0 Å². The molecule has 0 fully saturated rings. The third-order valence-electron chi connectivity index (χ3n) is 4.25. The largest absolute Gasteiger partial charge is 0.346 e. The number of amides is 1. The summed E-state index contributed by atoms with van der Waals surface area (Å²) in [5.41, 5.74) is 3.73. The minimum Gasteiger partial charge on any atom is -0.346 e. The molecule has 6 heteroatoms. The first-order valence-electron chi connectivity index (χ1n) is 8.38. The molecule has 0 saturated heterocycles. The fraction of sp³-hybridized carbons (Fsp3) is 0.0476. The van der Waals surface area contributed by atoms with Crippen molar-refractivity contribution in [3.05, 3.63) is 93.6 Å². The van der Waals surface area contributed by atoms with Gasteiger partial charge in [-0.05, 0) is 58.0 Å². The fourth-order valence-electron chi connectivity index (χ4n) is 2.88. The Bertz CT molecular complexity index is 1120. The highest BCUT2D eigenvalue weighted by atomic mass is 127. The van der Waals surface area contributed by atoms with Crippen LogP contribution in [0.3, 0.4) is 0 Å². The van der Waals surface area contributed by atoms with Gasteiger partial charge in [0.05, 0.1) is 5.52 Å². The molecule has 1 N–H and O–H groups in total. The smallest absolute Gasteiger partial charge is 0.272 e. The standard InChI is InChI=1S/C21H15FIN3O/c22-18-9-5-4-8-15(18)13-24-21(27)19-12-17-10-16(11-20(23)26(17)25-19)14-6-2-1-3-7-14/h1-12H,13H2,(H,24,27). The summed E-state index contributed by atoms with van der Waals surface area (Å²) in [6.45, 7) is 0.117. The number of pyridine rings is 1. The Morgan fingerprint density at radius 2 is 1.74 bits per heavy atom. The van der Waals surface area contributed by atoms with E-state index in [4.69, 9.17) is 0 Å². The second-order valence-electron chi connectivity index (χ2n) is 6.07. The number of rotatable bonds is 4. The molecule has 2 aromatic heterocycles. The van der Waals surface area contributed by atoms with Gasteiger partial charge in [-0.1, -0.05) is 48.5 Å². The molecule has 4 aromatic rings. The molecule has 27 heavy (non-hydrogen) atoms. The SMILES string of the molecule is O=C(NCc1ccccc1F)c1cc2cc(-c3ccccc3)cc(I)n2n1. The van der Waals surface area contributed by atoms with Gasteiger partial charge in [0.15, 0.2) is 5.69 Å². The average Bonchev–Trinajstić information content (AvgIpc) is 3.13. The van der Waals surface area contributed by atoms with Crippen molar-refractivity contribution in [2.24, 2.45) is 0 Å². The minimum atomic E-state index is -0.338. The Kier molecular flexibility index (Phi) is 4.89. The van der Waals surface area contributed by atoms with Gasteiger partial charge in [0.2, 0.25) is 0 Å². The van der Waals surface area contributed by atoms with Gasteiger partial charge < -0.3 is 5.32 Å². The van der Waals surface area contributed by atoms with Gasteiger partial charge in [-0.3, -0.25) is 4.79 Å². The summed E-state index contributed by atoms with van der Waals surface area (Å²) in [7, 11) is 0. The van der Waals surface area contributed by atoms with Crippen LogP contribution in [0.25, 0.3) is 16.6 Å². The predicted molar refractivity (Wildman–Crippen MR) is 111 cm³/mol. The highest BCUT2D eigenvalue weighted by Gasteiger charge is 2.14. The lowest BCUT2D eigenvalue weighted by molar-refractivity contribution is 0.0945. The molecular formula is C21H15FIN3O. The number of benzene rings is 2. The molecule has 4 nitrogen and oxygen atoms in total. The monoisotopic (exact) mass is 471 g/mol. The van der Waals surface area contributed by atoms with Crippen LogP contribution >= 0.6 is 22.6 Å². The maximum Gasteiger partial charge on any atom is 0.272 e. The summed E-state index contributed by atoms with van der Waals surface area (Å²) >= 11 is 2.20. The fourth-order valence-corrected chi connectivity index (χ4v) is 3.60. The highest BCUT2D eigenvalue weighted by Crippen LogP contribution is 2.24. The normalized spacial score (nSPS) is 10.9. The van der Waals surface area contributed by atoms with E-state index in [0.29, 0.717) is 11.3 Å². The quantitative estimate of drug-likeness (QED) is 0.347. The topological polar surface area (TPSA) is 46.4 Å². The zero-order valence-electron chi connectivity index (χ0n) is 14.2. The molecule has 0 saturated carbocycles. The van der Waals surface area contributed by atoms with Crippen molar-refractivity contribution in [2.75, 3.05) is 0 Å². The van der Waals surface area contributed by atoms with E-state index in [1.807, 2.05) is 42.5 Å². The Morgan fingerprint density at radius 1 is 1.00 bits per heavy atom.